The molecule has 1 aromatic carbocycles. The number of pyridine rings is 3. The highest BCUT2D eigenvalue weighted by molar-refractivity contribution is 5.95. The molecule has 0 saturated carbocycles. The molecule has 0 spiro atoms. The van der Waals surface area contributed by atoms with E-state index in [1.54, 1.807) is 12.4 Å². The topological polar surface area (TPSA) is 114 Å². The molecule has 9 heteroatoms. The van der Waals surface area contributed by atoms with Crippen molar-refractivity contribution >= 4 is 22.2 Å². The Kier molecular flexibility index (Phi) is 3.92. The summed E-state index contributed by atoms with van der Waals surface area (Å²) in [7, 11) is 0. The van der Waals surface area contributed by atoms with Gasteiger partial charge in [0.25, 0.3) is 0 Å². The van der Waals surface area contributed by atoms with Gasteiger partial charge in [0.05, 0.1) is 16.7 Å². The normalized spacial score (nSPS) is 12.6. The van der Waals surface area contributed by atoms with Gasteiger partial charge in [-0.25, -0.2) is 15.0 Å². The van der Waals surface area contributed by atoms with Gasteiger partial charge in [-0.2, -0.15) is 5.10 Å². The number of imidazole rings is 1. The Balaban J connectivity index is 1.37. The van der Waals surface area contributed by atoms with Crippen molar-refractivity contribution in [2.45, 2.75) is 6.92 Å². The summed E-state index contributed by atoms with van der Waals surface area (Å²) in [4.78, 5) is 21.7. The molecule has 1 aliphatic rings. The lowest BCUT2D eigenvalue weighted by Gasteiger charge is -2.04. The summed E-state index contributed by atoms with van der Waals surface area (Å²) in [6, 6.07) is 13.7. The molecule has 164 valence electrons. The zero-order valence-corrected chi connectivity index (χ0v) is 18.0. The molecule has 6 heterocycles. The largest absolute Gasteiger partial charge is 0.454 e. The molecule has 1 aliphatic heterocycles. The number of fused-ring (bicyclic) bond motifs is 3. The third-order valence-corrected chi connectivity index (χ3v) is 6.02. The van der Waals surface area contributed by atoms with Crippen LogP contribution in [0.4, 0.5) is 0 Å². The minimum Gasteiger partial charge on any atom is -0.454 e. The first-order chi connectivity index (χ1) is 16.7. The van der Waals surface area contributed by atoms with E-state index in [1.807, 2.05) is 55.6 Å². The average molecular weight is 447 g/mol. The molecule has 0 unspecified atom stereocenters. The second-order valence-corrected chi connectivity index (χ2v) is 8.07. The van der Waals surface area contributed by atoms with Gasteiger partial charge in [-0.3, -0.25) is 10.1 Å². The SMILES string of the molecule is Cc1ccncc1-c1ccc2[nH]nc(-c3nc4nccc(-c5ccc6c(c5)OCO6)c4[nH]3)c2n1. The zero-order valence-electron chi connectivity index (χ0n) is 18.0. The van der Waals surface area contributed by atoms with Crippen molar-refractivity contribution in [1.29, 1.82) is 0 Å². The number of hydrogen-bond donors (Lipinski definition) is 2. The van der Waals surface area contributed by atoms with Crippen molar-refractivity contribution in [2.24, 2.45) is 0 Å². The Bertz CT molecular complexity index is 1720. The second kappa shape index (κ2) is 7.11. The maximum Gasteiger partial charge on any atom is 0.231 e. The first-order valence-electron chi connectivity index (χ1n) is 10.8. The first kappa shape index (κ1) is 18.8. The lowest BCUT2D eigenvalue weighted by molar-refractivity contribution is 0.174. The summed E-state index contributed by atoms with van der Waals surface area (Å²) >= 11 is 0. The van der Waals surface area contributed by atoms with E-state index in [4.69, 9.17) is 19.4 Å². The van der Waals surface area contributed by atoms with Crippen LogP contribution in [0.2, 0.25) is 0 Å². The Morgan fingerprint density at radius 2 is 1.85 bits per heavy atom. The quantitative estimate of drug-likeness (QED) is 0.405. The number of aryl methyl sites for hydroxylation is 1. The van der Waals surface area contributed by atoms with Crippen molar-refractivity contribution in [3.8, 4) is 45.4 Å². The Morgan fingerprint density at radius 1 is 0.912 bits per heavy atom. The van der Waals surface area contributed by atoms with E-state index in [0.717, 1.165) is 56.0 Å². The van der Waals surface area contributed by atoms with Gasteiger partial charge in [0.1, 0.15) is 5.52 Å². The number of benzene rings is 1. The summed E-state index contributed by atoms with van der Waals surface area (Å²) < 4.78 is 11.0. The van der Waals surface area contributed by atoms with Gasteiger partial charge in [-0.05, 0) is 54.4 Å². The van der Waals surface area contributed by atoms with E-state index >= 15 is 0 Å². The molecule has 0 amide bonds. The van der Waals surface area contributed by atoms with Gasteiger partial charge in [0.2, 0.25) is 6.79 Å². The number of rotatable bonds is 3. The zero-order chi connectivity index (χ0) is 22.6. The van der Waals surface area contributed by atoms with Crippen molar-refractivity contribution in [3.05, 3.63) is 66.6 Å². The lowest BCUT2D eigenvalue weighted by atomic mass is 10.1. The smallest absolute Gasteiger partial charge is 0.231 e. The van der Waals surface area contributed by atoms with Gasteiger partial charge in [0.15, 0.2) is 28.7 Å². The fourth-order valence-corrected chi connectivity index (χ4v) is 4.27. The highest BCUT2D eigenvalue weighted by atomic mass is 16.7. The third kappa shape index (κ3) is 2.83. The Labute approximate surface area is 192 Å². The van der Waals surface area contributed by atoms with Crippen molar-refractivity contribution < 1.29 is 9.47 Å². The van der Waals surface area contributed by atoms with Crippen LogP contribution in [0.15, 0.2) is 61.1 Å². The summed E-state index contributed by atoms with van der Waals surface area (Å²) in [6.07, 6.45) is 5.35. The summed E-state index contributed by atoms with van der Waals surface area (Å²) in [5.41, 5.74) is 8.44. The summed E-state index contributed by atoms with van der Waals surface area (Å²) in [6.45, 7) is 2.28. The van der Waals surface area contributed by atoms with Crippen molar-refractivity contribution in [2.75, 3.05) is 6.79 Å². The molecule has 0 saturated heterocycles. The number of nitrogens with zero attached hydrogens (tertiary/aromatic N) is 5. The monoisotopic (exact) mass is 447 g/mol. The van der Waals surface area contributed by atoms with E-state index < -0.39 is 0 Å². The number of H-pyrrole nitrogens is 2. The molecule has 2 N–H and O–H groups in total. The predicted octanol–water partition coefficient (Wildman–Crippen LogP) is 4.66. The van der Waals surface area contributed by atoms with Crippen LogP contribution in [0.1, 0.15) is 5.56 Å². The van der Waals surface area contributed by atoms with E-state index in [2.05, 4.69) is 25.1 Å². The van der Waals surface area contributed by atoms with E-state index in [0.29, 0.717) is 17.2 Å². The minimum atomic E-state index is 0.235. The highest BCUT2D eigenvalue weighted by Crippen LogP contribution is 2.38. The third-order valence-electron chi connectivity index (χ3n) is 6.02. The number of hydrogen-bond acceptors (Lipinski definition) is 7. The molecule has 0 radical (unpaired) electrons. The van der Waals surface area contributed by atoms with Gasteiger partial charge >= 0.3 is 0 Å². The summed E-state index contributed by atoms with van der Waals surface area (Å²) in [5.74, 6) is 2.06. The maximum absolute atomic E-state index is 5.55. The molecule has 0 aliphatic carbocycles. The predicted molar refractivity (Wildman–Crippen MR) is 126 cm³/mol. The van der Waals surface area contributed by atoms with Crippen LogP contribution in [0.5, 0.6) is 11.5 Å². The molecule has 34 heavy (non-hydrogen) atoms. The van der Waals surface area contributed by atoms with Crippen LogP contribution < -0.4 is 9.47 Å². The number of nitrogens with one attached hydrogen (secondary N) is 2. The van der Waals surface area contributed by atoms with Crippen LogP contribution >= 0.6 is 0 Å². The summed E-state index contributed by atoms with van der Waals surface area (Å²) in [5, 5.41) is 7.57. The Morgan fingerprint density at radius 3 is 2.79 bits per heavy atom. The van der Waals surface area contributed by atoms with Crippen molar-refractivity contribution in [3.63, 3.8) is 0 Å². The molecule has 5 aromatic heterocycles. The molecular weight excluding hydrogens is 430 g/mol. The van der Waals surface area contributed by atoms with Crippen LogP contribution in [-0.4, -0.2) is 41.9 Å². The minimum absolute atomic E-state index is 0.235. The molecule has 7 rings (SSSR count). The van der Waals surface area contributed by atoms with Gasteiger partial charge in [0, 0.05) is 29.7 Å². The molecule has 9 nitrogen and oxygen atoms in total. The van der Waals surface area contributed by atoms with Crippen LogP contribution in [0.25, 0.3) is 56.1 Å². The van der Waals surface area contributed by atoms with Crippen molar-refractivity contribution in [1.82, 2.24) is 35.1 Å². The van der Waals surface area contributed by atoms with E-state index in [-0.39, 0.29) is 6.79 Å². The standard InChI is InChI=1S/C25H17N7O2/c1-13-6-8-26-11-16(13)17-3-4-18-22(28-17)23(32-31-18)25-29-21-15(7-9-27-24(21)30-25)14-2-5-19-20(10-14)34-12-33-19/h2-11H,12H2,1H3,(H,31,32)(H,27,29,30). The molecule has 0 atom stereocenters. The average Bonchev–Trinajstić information content (AvgIpc) is 3.60. The fraction of sp³-hybridized carbons (Fsp3) is 0.0800. The fourth-order valence-electron chi connectivity index (χ4n) is 4.27. The highest BCUT2D eigenvalue weighted by Gasteiger charge is 2.19. The van der Waals surface area contributed by atoms with Gasteiger partial charge in [-0.15, -0.1) is 0 Å². The molecular formula is C25H17N7O2. The second-order valence-electron chi connectivity index (χ2n) is 8.07. The maximum atomic E-state index is 5.55. The van der Waals surface area contributed by atoms with Gasteiger partial charge < -0.3 is 14.5 Å². The first-order valence-corrected chi connectivity index (χ1v) is 10.8. The van der Waals surface area contributed by atoms with Crippen LogP contribution in [-0.2, 0) is 0 Å². The number of ether oxygens (including phenoxy) is 2. The van der Waals surface area contributed by atoms with Crippen LogP contribution in [0, 0.1) is 6.92 Å². The lowest BCUT2D eigenvalue weighted by Crippen LogP contribution is -1.92. The Hall–Kier alpha value is -4.79. The van der Waals surface area contributed by atoms with E-state index in [1.165, 1.54) is 0 Å². The van der Waals surface area contributed by atoms with E-state index in [9.17, 15) is 0 Å². The number of aromatic nitrogens is 7. The number of aromatic amines is 2. The molecule has 0 bridgehead atoms. The molecule has 6 aromatic rings. The van der Waals surface area contributed by atoms with Crippen LogP contribution in [0.3, 0.4) is 0 Å². The molecule has 0 fully saturated rings. The van der Waals surface area contributed by atoms with Gasteiger partial charge in [-0.1, -0.05) is 6.07 Å².